The number of hydrogen-bond acceptors (Lipinski definition) is 7. The summed E-state index contributed by atoms with van der Waals surface area (Å²) >= 11 is 1.41. The van der Waals surface area contributed by atoms with E-state index >= 15 is 0 Å². The third-order valence-corrected chi connectivity index (χ3v) is 4.83. The van der Waals surface area contributed by atoms with Gasteiger partial charge in [-0.2, -0.15) is 0 Å². The van der Waals surface area contributed by atoms with E-state index in [9.17, 15) is 4.79 Å². The quantitative estimate of drug-likeness (QED) is 0.552. The van der Waals surface area contributed by atoms with Gasteiger partial charge in [0.25, 0.3) is 11.4 Å². The lowest BCUT2D eigenvalue weighted by Gasteiger charge is -2.08. The van der Waals surface area contributed by atoms with Crippen LogP contribution in [0.3, 0.4) is 0 Å². The van der Waals surface area contributed by atoms with E-state index in [0.29, 0.717) is 27.5 Å². The second-order valence-corrected chi connectivity index (χ2v) is 6.37. The average molecular weight is 366 g/mol. The molecule has 0 aliphatic carbocycles. The number of aromatic nitrogens is 4. The van der Waals surface area contributed by atoms with Crippen LogP contribution >= 0.6 is 11.3 Å². The van der Waals surface area contributed by atoms with Crippen LogP contribution in [-0.4, -0.2) is 26.9 Å². The number of methoxy groups -OCH3 is 1. The minimum atomic E-state index is -0.177. The van der Waals surface area contributed by atoms with E-state index in [0.717, 1.165) is 11.1 Å². The number of fused-ring (bicyclic) bond motifs is 1. The van der Waals surface area contributed by atoms with Gasteiger partial charge in [0.05, 0.1) is 24.9 Å². The highest BCUT2D eigenvalue weighted by Gasteiger charge is 2.18. The zero-order chi connectivity index (χ0) is 18.1. The lowest BCUT2D eigenvalue weighted by Crippen LogP contribution is -2.19. The van der Waals surface area contributed by atoms with Crippen LogP contribution < -0.4 is 15.0 Å². The van der Waals surface area contributed by atoms with E-state index in [1.54, 1.807) is 45.0 Å². The molecule has 26 heavy (non-hydrogen) atoms. The zero-order valence-electron chi connectivity index (χ0n) is 14.0. The van der Waals surface area contributed by atoms with E-state index in [1.807, 2.05) is 17.5 Å². The van der Waals surface area contributed by atoms with Gasteiger partial charge in [0.1, 0.15) is 10.4 Å². The van der Waals surface area contributed by atoms with Gasteiger partial charge in [-0.05, 0) is 17.7 Å². The molecule has 0 bridgehead atoms. The third-order valence-electron chi connectivity index (χ3n) is 3.86. The number of ether oxygens (including phenoxy) is 2. The second-order valence-electron chi connectivity index (χ2n) is 5.49. The topological polar surface area (TPSA) is 79.1 Å². The van der Waals surface area contributed by atoms with Crippen LogP contribution in [0.2, 0.25) is 0 Å². The van der Waals surface area contributed by atoms with Crippen LogP contribution in [0, 0.1) is 0 Å². The number of hydrogen-bond donors (Lipinski definition) is 0. The molecule has 8 heteroatoms. The fourth-order valence-electron chi connectivity index (χ4n) is 2.61. The predicted molar refractivity (Wildman–Crippen MR) is 99.0 cm³/mol. The molecule has 4 aromatic rings. The standard InChI is InChI=1S/C18H14N4O3S/c1-22-18(23)15-14(11-3-5-19-6-4-11)10-26-16(15)17(21-22)25-13-7-12(24-2)8-20-9-13/h3-10H,1-2H3. The molecule has 7 nitrogen and oxygen atoms in total. The van der Waals surface area contributed by atoms with Crippen molar-refractivity contribution < 1.29 is 9.47 Å². The Kier molecular flexibility index (Phi) is 4.10. The number of thiophene rings is 1. The summed E-state index contributed by atoms with van der Waals surface area (Å²) in [6, 6.07) is 5.45. The summed E-state index contributed by atoms with van der Waals surface area (Å²) in [6.07, 6.45) is 6.55. The van der Waals surface area contributed by atoms with Gasteiger partial charge < -0.3 is 9.47 Å². The molecule has 0 aliphatic heterocycles. The molecule has 0 saturated carbocycles. The van der Waals surface area contributed by atoms with Crippen molar-refractivity contribution in [1.29, 1.82) is 0 Å². The molecule has 4 heterocycles. The van der Waals surface area contributed by atoms with Crippen LogP contribution in [0.25, 0.3) is 21.2 Å². The Labute approximate surface area is 152 Å². The molecule has 0 radical (unpaired) electrons. The molecule has 0 unspecified atom stereocenters. The van der Waals surface area contributed by atoms with Crippen molar-refractivity contribution in [2.45, 2.75) is 0 Å². The molecule has 0 N–H and O–H groups in total. The van der Waals surface area contributed by atoms with Gasteiger partial charge >= 0.3 is 0 Å². The molecule has 0 fully saturated rings. The van der Waals surface area contributed by atoms with Crippen LogP contribution in [0.1, 0.15) is 0 Å². The van der Waals surface area contributed by atoms with Crippen LogP contribution in [0.4, 0.5) is 0 Å². The van der Waals surface area contributed by atoms with Gasteiger partial charge in [-0.15, -0.1) is 16.4 Å². The molecule has 0 aliphatic rings. The first-order valence-corrected chi connectivity index (χ1v) is 8.61. The summed E-state index contributed by atoms with van der Waals surface area (Å²) < 4.78 is 13.0. The molecule has 0 atom stereocenters. The van der Waals surface area contributed by atoms with Crippen molar-refractivity contribution in [3.8, 4) is 28.5 Å². The first-order chi connectivity index (χ1) is 12.7. The van der Waals surface area contributed by atoms with E-state index in [2.05, 4.69) is 15.1 Å². The molecule has 0 amide bonds. The van der Waals surface area contributed by atoms with Crippen molar-refractivity contribution in [3.05, 3.63) is 58.7 Å². The molecular weight excluding hydrogens is 352 g/mol. The van der Waals surface area contributed by atoms with Gasteiger partial charge in [-0.1, -0.05) is 0 Å². The van der Waals surface area contributed by atoms with Gasteiger partial charge in [0.2, 0.25) is 0 Å². The Morgan fingerprint density at radius 1 is 1.12 bits per heavy atom. The highest BCUT2D eigenvalue weighted by Crippen LogP contribution is 2.37. The Morgan fingerprint density at radius 2 is 1.88 bits per heavy atom. The molecule has 4 rings (SSSR count). The number of aryl methyl sites for hydroxylation is 1. The van der Waals surface area contributed by atoms with Crippen LogP contribution in [0.15, 0.2) is 53.2 Å². The Bertz CT molecular complexity index is 1140. The van der Waals surface area contributed by atoms with Crippen molar-refractivity contribution in [2.75, 3.05) is 7.11 Å². The van der Waals surface area contributed by atoms with Gasteiger partial charge in [-0.25, -0.2) is 4.68 Å². The fraction of sp³-hybridized carbons (Fsp3) is 0.111. The van der Waals surface area contributed by atoms with Crippen molar-refractivity contribution in [2.24, 2.45) is 7.05 Å². The van der Waals surface area contributed by atoms with Gasteiger partial charge in [0.15, 0.2) is 5.75 Å². The van der Waals surface area contributed by atoms with Crippen molar-refractivity contribution >= 4 is 21.4 Å². The maximum atomic E-state index is 12.7. The molecule has 0 aromatic carbocycles. The number of rotatable bonds is 4. The summed E-state index contributed by atoms with van der Waals surface area (Å²) in [6.45, 7) is 0. The van der Waals surface area contributed by atoms with Crippen LogP contribution in [0.5, 0.6) is 17.4 Å². The summed E-state index contributed by atoms with van der Waals surface area (Å²) in [5.74, 6) is 1.41. The average Bonchev–Trinajstić information content (AvgIpc) is 3.12. The van der Waals surface area contributed by atoms with Gasteiger partial charge in [0, 0.05) is 36.5 Å². The van der Waals surface area contributed by atoms with E-state index in [1.165, 1.54) is 16.0 Å². The lowest BCUT2D eigenvalue weighted by molar-refractivity contribution is 0.403. The SMILES string of the molecule is COc1cncc(Oc2nn(C)c(=O)c3c(-c4ccncc4)csc23)c1. The zero-order valence-corrected chi connectivity index (χ0v) is 14.9. The van der Waals surface area contributed by atoms with E-state index < -0.39 is 0 Å². The smallest absolute Gasteiger partial charge is 0.276 e. The maximum absolute atomic E-state index is 12.7. The van der Waals surface area contributed by atoms with Crippen LogP contribution in [-0.2, 0) is 7.05 Å². The van der Waals surface area contributed by atoms with Crippen molar-refractivity contribution in [1.82, 2.24) is 19.7 Å². The van der Waals surface area contributed by atoms with Gasteiger partial charge in [-0.3, -0.25) is 14.8 Å². The highest BCUT2D eigenvalue weighted by atomic mass is 32.1. The highest BCUT2D eigenvalue weighted by molar-refractivity contribution is 7.18. The Morgan fingerprint density at radius 3 is 2.65 bits per heavy atom. The molecule has 0 saturated heterocycles. The summed E-state index contributed by atoms with van der Waals surface area (Å²) in [5.41, 5.74) is 1.58. The molecule has 4 aromatic heterocycles. The second kappa shape index (κ2) is 6.57. The lowest BCUT2D eigenvalue weighted by atomic mass is 10.1. The summed E-state index contributed by atoms with van der Waals surface area (Å²) in [7, 11) is 3.16. The predicted octanol–water partition coefficient (Wildman–Crippen LogP) is 3.25. The van der Waals surface area contributed by atoms with E-state index in [4.69, 9.17) is 9.47 Å². The number of pyridine rings is 2. The number of nitrogens with zero attached hydrogens (tertiary/aromatic N) is 4. The van der Waals surface area contributed by atoms with E-state index in [-0.39, 0.29) is 5.56 Å². The fourth-order valence-corrected chi connectivity index (χ4v) is 3.59. The maximum Gasteiger partial charge on any atom is 0.276 e. The monoisotopic (exact) mass is 366 g/mol. The largest absolute Gasteiger partial charge is 0.495 e. The minimum Gasteiger partial charge on any atom is -0.495 e. The Hall–Kier alpha value is -3.26. The first kappa shape index (κ1) is 16.2. The Balaban J connectivity index is 1.87. The van der Waals surface area contributed by atoms with Crippen molar-refractivity contribution in [3.63, 3.8) is 0 Å². The summed E-state index contributed by atoms with van der Waals surface area (Å²) in [5, 5.41) is 6.77. The first-order valence-electron chi connectivity index (χ1n) is 7.73. The normalized spacial score (nSPS) is 10.8. The minimum absolute atomic E-state index is 0.177. The molecule has 0 spiro atoms. The summed E-state index contributed by atoms with van der Waals surface area (Å²) in [4.78, 5) is 20.8. The third kappa shape index (κ3) is 2.80. The molecule has 130 valence electrons. The molecular formula is C18H14N4O3S.